The van der Waals surface area contributed by atoms with Gasteiger partial charge in [0.25, 0.3) is 0 Å². The Kier molecular flexibility index (Phi) is 11.1. The molecule has 53 heavy (non-hydrogen) atoms. The zero-order valence-electron chi connectivity index (χ0n) is 29.6. The van der Waals surface area contributed by atoms with Crippen molar-refractivity contribution in [3.63, 3.8) is 0 Å². The molecule has 4 aromatic carbocycles. The predicted molar refractivity (Wildman–Crippen MR) is 204 cm³/mol. The van der Waals surface area contributed by atoms with Gasteiger partial charge in [-0.05, 0) is 95.8 Å². The number of unbranched alkanes of at least 4 members (excludes halogenated alkanes) is 2. The van der Waals surface area contributed by atoms with E-state index in [-0.39, 0.29) is 43.5 Å². The molecule has 0 spiro atoms. The van der Waals surface area contributed by atoms with Crippen molar-refractivity contribution in [2.45, 2.75) is 57.4 Å². The Hall–Kier alpha value is -5.19. The molecule has 3 N–H and O–H groups in total. The van der Waals surface area contributed by atoms with Gasteiger partial charge in [-0.1, -0.05) is 91.4 Å². The van der Waals surface area contributed by atoms with Gasteiger partial charge in [0.1, 0.15) is 18.1 Å². The number of nitrogens with zero attached hydrogens (tertiary/aromatic N) is 1. The lowest BCUT2D eigenvalue weighted by Crippen LogP contribution is -2.46. The number of rotatable bonds is 14. The van der Waals surface area contributed by atoms with Crippen LogP contribution >= 0.6 is 0 Å². The van der Waals surface area contributed by atoms with Crippen LogP contribution in [0.4, 0.5) is 0 Å². The van der Waals surface area contributed by atoms with E-state index in [4.69, 9.17) is 14.5 Å². The summed E-state index contributed by atoms with van der Waals surface area (Å²) in [5.41, 5.74) is 4.93. The number of fused-ring (bicyclic) bond motifs is 4. The Morgan fingerprint density at radius 1 is 0.849 bits per heavy atom. The number of phenolic OH excluding ortho intramolecular Hbond substituents is 1. The van der Waals surface area contributed by atoms with Crippen LogP contribution in [0.1, 0.15) is 56.1 Å². The van der Waals surface area contributed by atoms with Gasteiger partial charge < -0.3 is 24.6 Å². The Bertz CT molecular complexity index is 2030. The molecule has 10 heteroatoms. The van der Waals surface area contributed by atoms with Crippen LogP contribution in [-0.4, -0.2) is 64.3 Å². The Balaban J connectivity index is 1.20. The van der Waals surface area contributed by atoms with Crippen molar-refractivity contribution < 1.29 is 39.0 Å². The van der Waals surface area contributed by atoms with Crippen molar-refractivity contribution >= 4 is 47.3 Å². The van der Waals surface area contributed by atoms with Gasteiger partial charge >= 0.3 is 13.1 Å². The van der Waals surface area contributed by atoms with Gasteiger partial charge in [0.2, 0.25) is 11.8 Å². The van der Waals surface area contributed by atoms with Crippen molar-refractivity contribution in [2.24, 2.45) is 17.8 Å². The minimum atomic E-state index is -1.11. The lowest BCUT2D eigenvalue weighted by atomic mass is 9.58. The van der Waals surface area contributed by atoms with Gasteiger partial charge in [0.05, 0.1) is 17.9 Å². The molecule has 0 radical (unpaired) electrons. The molecule has 2 aliphatic heterocycles. The van der Waals surface area contributed by atoms with E-state index in [9.17, 15) is 24.5 Å². The monoisotopic (exact) mass is 713 g/mol. The number of aromatic hydroxyl groups is 1. The van der Waals surface area contributed by atoms with Crippen LogP contribution in [-0.2, 0) is 19.0 Å². The van der Waals surface area contributed by atoms with E-state index >= 15 is 0 Å². The summed E-state index contributed by atoms with van der Waals surface area (Å²) in [7, 11) is -1.11. The van der Waals surface area contributed by atoms with E-state index in [0.29, 0.717) is 44.3 Å². The molecular formula is C43H44BNO8. The molecule has 272 valence electrons. The maximum atomic E-state index is 14.1. The number of carboxylic acid groups (broad SMARTS) is 1. The van der Waals surface area contributed by atoms with Crippen LogP contribution in [0.15, 0.2) is 108 Å². The minimum Gasteiger partial charge on any atom is -0.507 e. The molecule has 4 aromatic rings. The smallest absolute Gasteiger partial charge is 0.455 e. The summed E-state index contributed by atoms with van der Waals surface area (Å²) in [6.45, 7) is 0.481. The average Bonchev–Trinajstić information content (AvgIpc) is 3.41. The number of carbonyl (C=O) groups is 3. The van der Waals surface area contributed by atoms with Crippen LogP contribution in [0.5, 0.6) is 11.5 Å². The van der Waals surface area contributed by atoms with Crippen molar-refractivity contribution in [1.82, 2.24) is 4.90 Å². The number of aliphatic carboxylic acids is 1. The summed E-state index contributed by atoms with van der Waals surface area (Å²) in [5.74, 6) is -1.93. The van der Waals surface area contributed by atoms with Crippen LogP contribution in [0.2, 0.25) is 6.32 Å². The van der Waals surface area contributed by atoms with Gasteiger partial charge in [-0.15, -0.1) is 0 Å². The Morgan fingerprint density at radius 2 is 1.57 bits per heavy atom. The summed E-state index contributed by atoms with van der Waals surface area (Å²) in [6, 6.07) is 31.0. The lowest BCUT2D eigenvalue weighted by Gasteiger charge is -2.43. The van der Waals surface area contributed by atoms with E-state index in [1.54, 1.807) is 6.07 Å². The molecule has 7 rings (SSSR count). The van der Waals surface area contributed by atoms with Crippen LogP contribution in [0.25, 0.3) is 22.4 Å². The first-order valence-corrected chi connectivity index (χ1v) is 18.6. The number of carbonyl (C=O) groups excluding carboxylic acids is 2. The number of ether oxygens (including phenoxy) is 1. The molecule has 2 fully saturated rings. The Morgan fingerprint density at radius 3 is 2.32 bits per heavy atom. The number of likely N-dealkylation sites (tertiary alicyclic amines) is 1. The summed E-state index contributed by atoms with van der Waals surface area (Å²) in [4.78, 5) is 40.3. The van der Waals surface area contributed by atoms with Crippen molar-refractivity contribution in [3.05, 3.63) is 119 Å². The number of imide groups is 1. The molecule has 2 saturated heterocycles. The second-order valence-electron chi connectivity index (χ2n) is 14.2. The third kappa shape index (κ3) is 7.94. The third-order valence-corrected chi connectivity index (χ3v) is 10.9. The van der Waals surface area contributed by atoms with E-state index in [1.807, 2.05) is 78.9 Å². The summed E-state index contributed by atoms with van der Waals surface area (Å²) in [6.07, 6.45) is 4.98. The first-order chi connectivity index (χ1) is 25.8. The summed E-state index contributed by atoms with van der Waals surface area (Å²) < 4.78 is 12.6. The maximum absolute atomic E-state index is 14.1. The van der Waals surface area contributed by atoms with E-state index in [1.165, 1.54) is 4.90 Å². The molecule has 0 saturated carbocycles. The molecule has 3 aliphatic rings. The molecule has 0 aromatic heterocycles. The molecule has 1 aliphatic carbocycles. The topological polar surface area (TPSA) is 134 Å². The number of hydrogen-bond acceptors (Lipinski definition) is 7. The molecule has 0 unspecified atom stereocenters. The second kappa shape index (κ2) is 16.2. The number of para-hydroxylation sites is 1. The highest BCUT2D eigenvalue weighted by Gasteiger charge is 2.57. The fraction of sp³-hybridized carbons (Fsp3) is 0.326. The van der Waals surface area contributed by atoms with Gasteiger partial charge in [-0.25, -0.2) is 0 Å². The lowest BCUT2D eigenvalue weighted by molar-refractivity contribution is -0.141. The first-order valence-electron chi connectivity index (χ1n) is 18.6. The highest BCUT2D eigenvalue weighted by Crippen LogP contribution is 2.51. The number of phenols is 1. The van der Waals surface area contributed by atoms with Gasteiger partial charge in [0, 0.05) is 18.4 Å². The number of amides is 2. The number of carboxylic acids is 1. The number of hydrogen-bond donors (Lipinski definition) is 3. The van der Waals surface area contributed by atoms with Gasteiger partial charge in [-0.2, -0.15) is 0 Å². The van der Waals surface area contributed by atoms with E-state index < -0.39 is 36.9 Å². The molecule has 2 heterocycles. The minimum absolute atomic E-state index is 0.0548. The third-order valence-electron chi connectivity index (χ3n) is 10.9. The fourth-order valence-corrected chi connectivity index (χ4v) is 8.45. The first kappa shape index (κ1) is 36.2. The van der Waals surface area contributed by atoms with E-state index in [2.05, 4.69) is 18.2 Å². The molecule has 0 bridgehead atoms. The largest absolute Gasteiger partial charge is 0.507 e. The molecule has 2 amide bonds. The second-order valence-corrected chi connectivity index (χ2v) is 14.2. The van der Waals surface area contributed by atoms with Crippen molar-refractivity contribution in [1.29, 1.82) is 0 Å². The van der Waals surface area contributed by atoms with Crippen LogP contribution < -0.4 is 4.74 Å². The molecule has 9 nitrogen and oxygen atoms in total. The van der Waals surface area contributed by atoms with E-state index in [0.717, 1.165) is 38.6 Å². The normalized spacial score (nSPS) is 21.6. The van der Waals surface area contributed by atoms with Crippen molar-refractivity contribution in [2.75, 3.05) is 13.2 Å². The Labute approximate surface area is 309 Å². The zero-order chi connectivity index (χ0) is 36.9. The maximum Gasteiger partial charge on any atom is 0.455 e. The van der Waals surface area contributed by atoms with Gasteiger partial charge in [-0.3, -0.25) is 19.3 Å². The average molecular weight is 714 g/mol. The quantitative estimate of drug-likeness (QED) is 0.0405. The summed E-state index contributed by atoms with van der Waals surface area (Å²) >= 11 is 0. The number of allylic oxidation sites excluding steroid dienone is 1. The molecular weight excluding hydrogens is 669 g/mol. The fourth-order valence-electron chi connectivity index (χ4n) is 8.45. The zero-order valence-corrected chi connectivity index (χ0v) is 29.6. The standard InChI is InChI=1S/C43H44BNO8/c46-37-21-19-30(33-16-9-10-17-34(33)37)24-29(28-12-4-1-5-13-28)20-22-38-40-31(27-52-32-14-6-2-7-15-32)25-35-41(36(40)26-44(51)53-38)43(50)45(42(35)49)23-11-3-8-18-39(47)48/h1-2,4-7,9-10,12-17,19,21,24,35-36,38,41,46,51H,3,8,11,18,20,22-23,25-27H2,(H,47,48)/b29-24-/t35-,36+,38-,41-/m1/s1. The number of benzene rings is 4. The van der Waals surface area contributed by atoms with Gasteiger partial charge in [0.15, 0.2) is 0 Å². The SMILES string of the molecule is O=C(O)CCCCCN1C(=O)[C@@H]2[C@@H](CC(COc3ccccc3)=C3[C@@H](CC/C(=C/c4ccc(O)c5ccccc45)c4ccccc4)OB(O)C[C@@H]32)C1=O. The predicted octanol–water partition coefficient (Wildman–Crippen LogP) is 7.39. The highest BCUT2D eigenvalue weighted by atomic mass is 16.5. The molecule has 4 atom stereocenters. The highest BCUT2D eigenvalue weighted by molar-refractivity contribution is 6.43. The van der Waals surface area contributed by atoms with Crippen LogP contribution in [0.3, 0.4) is 0 Å². The summed E-state index contributed by atoms with van der Waals surface area (Å²) in [5, 5.41) is 32.4. The van der Waals surface area contributed by atoms with Crippen molar-refractivity contribution in [3.8, 4) is 11.5 Å². The van der Waals surface area contributed by atoms with Crippen LogP contribution in [0, 0.1) is 17.8 Å².